The second-order valence-electron chi connectivity index (χ2n) is 6.66. The Labute approximate surface area is 182 Å². The summed E-state index contributed by atoms with van der Waals surface area (Å²) in [6, 6.07) is 19.7. The van der Waals surface area contributed by atoms with Gasteiger partial charge in [0.1, 0.15) is 5.70 Å². The number of halogens is 2. The molecule has 3 aromatic carbocycles. The third kappa shape index (κ3) is 4.01. The maximum atomic E-state index is 13.2. The molecule has 6 nitrogen and oxygen atoms in total. The number of amides is 1. The van der Waals surface area contributed by atoms with Crippen LogP contribution < -0.4 is 10.2 Å². The molecule has 3 aromatic rings. The maximum absolute atomic E-state index is 13.2. The maximum Gasteiger partial charge on any atom is 0.275 e. The Morgan fingerprint density at radius 2 is 1.43 bits per heavy atom. The molecule has 4 rings (SSSR count). The summed E-state index contributed by atoms with van der Waals surface area (Å²) >= 11 is 11.9. The predicted molar refractivity (Wildman–Crippen MR) is 118 cm³/mol. The van der Waals surface area contributed by atoms with E-state index in [1.807, 2.05) is 0 Å². The summed E-state index contributed by atoms with van der Waals surface area (Å²) in [6.45, 7) is 0. The van der Waals surface area contributed by atoms with E-state index < -0.39 is 11.0 Å². The first kappa shape index (κ1) is 19.9. The Kier molecular flexibility index (Phi) is 5.44. The minimum absolute atomic E-state index is 0.00962. The van der Waals surface area contributed by atoms with Gasteiger partial charge in [0.25, 0.3) is 11.6 Å². The lowest BCUT2D eigenvalue weighted by molar-refractivity contribution is -0.384. The zero-order valence-corrected chi connectivity index (χ0v) is 17.0. The van der Waals surface area contributed by atoms with Gasteiger partial charge >= 0.3 is 0 Å². The topological polar surface area (TPSA) is 75.5 Å². The first-order valence-electron chi connectivity index (χ1n) is 9.00. The van der Waals surface area contributed by atoms with Crippen LogP contribution in [0.1, 0.15) is 11.6 Å². The monoisotopic (exact) mass is 439 g/mol. The molecule has 8 heteroatoms. The number of hydrogen-bond acceptors (Lipinski definition) is 4. The number of anilines is 2. The van der Waals surface area contributed by atoms with Gasteiger partial charge in [-0.3, -0.25) is 19.8 Å². The minimum atomic E-state index is -0.454. The van der Waals surface area contributed by atoms with Crippen molar-refractivity contribution in [2.75, 3.05) is 10.2 Å². The van der Waals surface area contributed by atoms with Crippen LogP contribution in [0.4, 0.5) is 17.1 Å². The molecule has 1 heterocycles. The van der Waals surface area contributed by atoms with Crippen LogP contribution in [0.15, 0.2) is 84.6 Å². The van der Waals surface area contributed by atoms with Crippen molar-refractivity contribution >= 4 is 46.2 Å². The molecule has 0 radical (unpaired) electrons. The highest BCUT2D eigenvalue weighted by atomic mass is 35.5. The number of carbonyl (C=O) groups excluding carboxylic acids is 1. The Morgan fingerprint density at radius 1 is 0.867 bits per heavy atom. The third-order valence-electron chi connectivity index (χ3n) is 4.73. The summed E-state index contributed by atoms with van der Waals surface area (Å²) < 4.78 is 0. The lowest BCUT2D eigenvalue weighted by Gasteiger charge is -2.25. The van der Waals surface area contributed by atoms with Crippen molar-refractivity contribution < 1.29 is 9.72 Å². The van der Waals surface area contributed by atoms with Crippen LogP contribution in [-0.2, 0) is 4.79 Å². The molecule has 0 saturated carbocycles. The molecule has 1 aliphatic heterocycles. The van der Waals surface area contributed by atoms with Gasteiger partial charge in [-0.15, -0.1) is 0 Å². The molecule has 1 amide bonds. The van der Waals surface area contributed by atoms with Crippen molar-refractivity contribution in [3.8, 4) is 0 Å². The molecule has 0 spiro atoms. The van der Waals surface area contributed by atoms with E-state index in [1.165, 1.54) is 12.1 Å². The van der Waals surface area contributed by atoms with Crippen LogP contribution in [-0.4, -0.2) is 10.8 Å². The average Bonchev–Trinajstić information content (AvgIpc) is 3.06. The van der Waals surface area contributed by atoms with E-state index in [4.69, 9.17) is 23.2 Å². The van der Waals surface area contributed by atoms with Crippen LogP contribution in [0.25, 0.3) is 0 Å². The van der Waals surface area contributed by atoms with Crippen molar-refractivity contribution in [2.24, 2.45) is 0 Å². The smallest absolute Gasteiger partial charge is 0.275 e. The van der Waals surface area contributed by atoms with Crippen molar-refractivity contribution in [3.63, 3.8) is 0 Å². The number of nitrogens with one attached hydrogen (secondary N) is 1. The van der Waals surface area contributed by atoms with E-state index in [0.717, 1.165) is 11.3 Å². The van der Waals surface area contributed by atoms with Crippen LogP contribution in [0.5, 0.6) is 0 Å². The van der Waals surface area contributed by atoms with E-state index in [9.17, 15) is 14.9 Å². The molecule has 150 valence electrons. The molecule has 0 aliphatic carbocycles. The molecular weight excluding hydrogens is 425 g/mol. The SMILES string of the molecule is O=C1C(Nc2ccc(Cl)cc2)=CC(c2ccc([N+](=O)[O-])cc2)N1c1ccc(Cl)cc1. The van der Waals surface area contributed by atoms with Gasteiger partial charge in [-0.1, -0.05) is 23.2 Å². The largest absolute Gasteiger partial charge is 0.351 e. The fourth-order valence-corrected chi connectivity index (χ4v) is 3.51. The molecule has 0 aromatic heterocycles. The molecule has 1 atom stereocenters. The quantitative estimate of drug-likeness (QED) is 0.391. The second kappa shape index (κ2) is 8.18. The first-order valence-corrected chi connectivity index (χ1v) is 9.76. The zero-order valence-electron chi connectivity index (χ0n) is 15.5. The normalized spacial score (nSPS) is 15.8. The summed E-state index contributed by atoms with van der Waals surface area (Å²) in [5, 5.41) is 15.3. The summed E-state index contributed by atoms with van der Waals surface area (Å²) in [5.41, 5.74) is 2.52. The number of benzene rings is 3. The third-order valence-corrected chi connectivity index (χ3v) is 5.23. The molecule has 1 unspecified atom stereocenters. The van der Waals surface area contributed by atoms with Crippen LogP contribution >= 0.6 is 23.2 Å². The van der Waals surface area contributed by atoms with Crippen LogP contribution in [0.3, 0.4) is 0 Å². The van der Waals surface area contributed by atoms with E-state index >= 15 is 0 Å². The van der Waals surface area contributed by atoms with E-state index in [2.05, 4.69) is 5.32 Å². The van der Waals surface area contributed by atoms with Crippen LogP contribution in [0.2, 0.25) is 10.0 Å². The first-order chi connectivity index (χ1) is 14.4. The fourth-order valence-electron chi connectivity index (χ4n) is 3.26. The van der Waals surface area contributed by atoms with Crippen molar-refractivity contribution in [3.05, 3.63) is 110 Å². The number of carbonyl (C=O) groups is 1. The van der Waals surface area contributed by atoms with E-state index in [-0.39, 0.29) is 11.6 Å². The number of rotatable bonds is 5. The molecule has 0 bridgehead atoms. The Hall–Kier alpha value is -3.35. The van der Waals surface area contributed by atoms with Crippen molar-refractivity contribution in [2.45, 2.75) is 6.04 Å². The van der Waals surface area contributed by atoms with Gasteiger partial charge in [0.15, 0.2) is 0 Å². The number of nitrogens with zero attached hydrogens (tertiary/aromatic N) is 2. The van der Waals surface area contributed by atoms with Gasteiger partial charge in [0.05, 0.1) is 11.0 Å². The number of hydrogen-bond donors (Lipinski definition) is 1. The summed E-state index contributed by atoms with van der Waals surface area (Å²) in [6.07, 6.45) is 1.80. The standard InChI is InChI=1S/C22H15Cl2N3O3/c23-15-3-7-17(8-4-15)25-20-13-21(14-1-9-19(10-2-14)27(29)30)26(22(20)28)18-11-5-16(24)6-12-18/h1-13,21,25H. The van der Waals surface area contributed by atoms with Gasteiger partial charge in [0, 0.05) is 33.6 Å². The highest BCUT2D eigenvalue weighted by molar-refractivity contribution is 6.31. The number of non-ortho nitro benzene ring substituents is 1. The predicted octanol–water partition coefficient (Wildman–Crippen LogP) is 5.99. The molecule has 0 fully saturated rings. The average molecular weight is 440 g/mol. The van der Waals surface area contributed by atoms with Gasteiger partial charge in [-0.2, -0.15) is 0 Å². The highest BCUT2D eigenvalue weighted by Gasteiger charge is 2.35. The molecule has 1 N–H and O–H groups in total. The number of nitro benzene ring substituents is 1. The summed E-state index contributed by atoms with van der Waals surface area (Å²) in [5.74, 6) is -0.226. The van der Waals surface area contributed by atoms with Gasteiger partial charge in [0.2, 0.25) is 0 Å². The Bertz CT molecular complexity index is 1130. The van der Waals surface area contributed by atoms with Gasteiger partial charge in [-0.25, -0.2) is 0 Å². The molecule has 30 heavy (non-hydrogen) atoms. The van der Waals surface area contributed by atoms with E-state index in [1.54, 1.807) is 71.6 Å². The molecule has 0 saturated heterocycles. The van der Waals surface area contributed by atoms with Crippen LogP contribution in [0, 0.1) is 10.1 Å². The summed E-state index contributed by atoms with van der Waals surface area (Å²) in [7, 11) is 0. The molecule has 1 aliphatic rings. The lowest BCUT2D eigenvalue weighted by atomic mass is 10.1. The van der Waals surface area contributed by atoms with E-state index in [0.29, 0.717) is 21.4 Å². The zero-order chi connectivity index (χ0) is 21.3. The lowest BCUT2D eigenvalue weighted by Crippen LogP contribution is -2.30. The Morgan fingerprint density at radius 3 is 2.00 bits per heavy atom. The number of nitro groups is 1. The fraction of sp³-hybridized carbons (Fsp3) is 0.0455. The van der Waals surface area contributed by atoms with Crippen molar-refractivity contribution in [1.29, 1.82) is 0 Å². The highest BCUT2D eigenvalue weighted by Crippen LogP contribution is 2.37. The van der Waals surface area contributed by atoms with Gasteiger partial charge in [-0.05, 0) is 72.3 Å². The summed E-state index contributed by atoms with van der Waals surface area (Å²) in [4.78, 5) is 25.4. The Balaban J connectivity index is 1.72. The molecular formula is C22H15Cl2N3O3. The van der Waals surface area contributed by atoms with Crippen molar-refractivity contribution in [1.82, 2.24) is 0 Å². The van der Waals surface area contributed by atoms with Gasteiger partial charge < -0.3 is 5.32 Å². The minimum Gasteiger partial charge on any atom is -0.351 e. The second-order valence-corrected chi connectivity index (χ2v) is 7.53.